The number of nitrogens with zero attached hydrogens (tertiary/aromatic N) is 4. The first kappa shape index (κ1) is 22.9. The molecule has 0 bridgehead atoms. The zero-order valence-electron chi connectivity index (χ0n) is 16.5. The number of carbonyl (C=O) groups is 1. The topological polar surface area (TPSA) is 78.5 Å². The van der Waals surface area contributed by atoms with E-state index in [1.165, 1.54) is 18.2 Å². The van der Waals surface area contributed by atoms with Crippen LogP contribution in [-0.4, -0.2) is 16.5 Å². The minimum atomic E-state index is -0.478. The molecule has 0 aliphatic rings. The Bertz CT molecular complexity index is 1220. The Hall–Kier alpha value is -2.79. The maximum atomic E-state index is 13.4. The van der Waals surface area contributed by atoms with Crippen LogP contribution < -0.4 is 0 Å². The lowest BCUT2D eigenvalue weighted by Crippen LogP contribution is -2.04. The highest BCUT2D eigenvalue weighted by molar-refractivity contribution is 8.00. The minimum absolute atomic E-state index is 0.0197. The Labute approximate surface area is 192 Å². The van der Waals surface area contributed by atoms with Crippen LogP contribution in [-0.2, 0) is 0 Å². The van der Waals surface area contributed by atoms with Crippen molar-refractivity contribution >= 4 is 52.1 Å². The molecule has 5 nitrogen and oxygen atoms in total. The van der Waals surface area contributed by atoms with Gasteiger partial charge in [0.15, 0.2) is 5.78 Å². The van der Waals surface area contributed by atoms with Crippen LogP contribution in [0.3, 0.4) is 0 Å². The third-order valence-electron chi connectivity index (χ3n) is 4.27. The van der Waals surface area contributed by atoms with Crippen molar-refractivity contribution in [3.63, 3.8) is 0 Å². The summed E-state index contributed by atoms with van der Waals surface area (Å²) in [5.41, 5.74) is 2.63. The fraction of sp³-hybridized carbons (Fsp3) is 0.136. The smallest absolute Gasteiger partial charge is 0.173 e. The molecule has 156 valence electrons. The second-order valence-electron chi connectivity index (χ2n) is 6.51. The van der Waals surface area contributed by atoms with Gasteiger partial charge in [-0.2, -0.15) is 10.4 Å². The lowest BCUT2D eigenvalue weighted by atomic mass is 10.1. The number of nitriles is 1. The van der Waals surface area contributed by atoms with Crippen molar-refractivity contribution in [1.82, 2.24) is 4.98 Å². The summed E-state index contributed by atoms with van der Waals surface area (Å²) in [5, 5.41) is 19.3. The third-order valence-corrected chi connectivity index (χ3v) is 5.68. The number of halogens is 3. The molecule has 0 amide bonds. The van der Waals surface area contributed by atoms with Crippen LogP contribution in [0.15, 0.2) is 57.7 Å². The van der Waals surface area contributed by atoms with E-state index in [4.69, 9.17) is 23.2 Å². The van der Waals surface area contributed by atoms with E-state index in [-0.39, 0.29) is 17.1 Å². The molecule has 0 aliphatic heterocycles. The lowest BCUT2D eigenvalue weighted by molar-refractivity contribution is 0.102. The van der Waals surface area contributed by atoms with Gasteiger partial charge < -0.3 is 0 Å². The summed E-state index contributed by atoms with van der Waals surface area (Å²) in [6.45, 7) is 3.48. The Kier molecular flexibility index (Phi) is 7.39. The SMILES string of the molecule is Cc1nc(SCC(=O)c2cccc(F)c2)c(C#N)c(C)c1N=Nc1cc(Cl)cc(Cl)c1. The molecule has 1 heterocycles. The molecule has 3 rings (SSSR count). The molecular formula is C22H15Cl2FN4OS. The summed E-state index contributed by atoms with van der Waals surface area (Å²) in [6, 6.07) is 12.4. The minimum Gasteiger partial charge on any atom is -0.293 e. The fourth-order valence-corrected chi connectivity index (χ4v) is 4.27. The zero-order valence-corrected chi connectivity index (χ0v) is 18.8. The molecule has 0 fully saturated rings. The third kappa shape index (κ3) is 5.67. The van der Waals surface area contributed by atoms with Crippen LogP contribution >= 0.6 is 35.0 Å². The van der Waals surface area contributed by atoms with Gasteiger partial charge in [0.1, 0.15) is 22.6 Å². The number of hydrogen-bond donors (Lipinski definition) is 0. The monoisotopic (exact) mass is 472 g/mol. The first-order valence-corrected chi connectivity index (χ1v) is 10.7. The van der Waals surface area contributed by atoms with E-state index in [9.17, 15) is 14.4 Å². The highest BCUT2D eigenvalue weighted by atomic mass is 35.5. The number of rotatable bonds is 6. The molecule has 0 spiro atoms. The number of aromatic nitrogens is 1. The van der Waals surface area contributed by atoms with E-state index in [0.29, 0.717) is 43.3 Å². The average Bonchev–Trinajstić information content (AvgIpc) is 2.71. The van der Waals surface area contributed by atoms with E-state index in [2.05, 4.69) is 21.3 Å². The fourth-order valence-electron chi connectivity index (χ4n) is 2.78. The quantitative estimate of drug-likeness (QED) is 0.212. The number of pyridine rings is 1. The summed E-state index contributed by atoms with van der Waals surface area (Å²) in [4.78, 5) is 16.8. The Morgan fingerprint density at radius 1 is 1.16 bits per heavy atom. The van der Waals surface area contributed by atoms with Gasteiger partial charge in [-0.1, -0.05) is 47.1 Å². The van der Waals surface area contributed by atoms with Crippen LogP contribution in [0.2, 0.25) is 10.0 Å². The van der Waals surface area contributed by atoms with Crippen LogP contribution in [0.4, 0.5) is 15.8 Å². The highest BCUT2D eigenvalue weighted by Crippen LogP contribution is 2.34. The van der Waals surface area contributed by atoms with Crippen molar-refractivity contribution in [2.75, 3.05) is 5.75 Å². The van der Waals surface area contributed by atoms with Crippen molar-refractivity contribution in [3.05, 3.63) is 80.7 Å². The molecule has 0 radical (unpaired) electrons. The van der Waals surface area contributed by atoms with Gasteiger partial charge in [0, 0.05) is 15.6 Å². The van der Waals surface area contributed by atoms with Crippen molar-refractivity contribution in [2.45, 2.75) is 18.9 Å². The maximum Gasteiger partial charge on any atom is 0.173 e. The number of ketones is 1. The molecule has 1 aromatic heterocycles. The molecule has 0 atom stereocenters. The summed E-state index contributed by atoms with van der Waals surface area (Å²) in [7, 11) is 0. The van der Waals surface area contributed by atoms with Crippen LogP contribution in [0.1, 0.15) is 27.2 Å². The van der Waals surface area contributed by atoms with Crippen molar-refractivity contribution in [1.29, 1.82) is 5.26 Å². The second-order valence-corrected chi connectivity index (χ2v) is 8.35. The van der Waals surface area contributed by atoms with Crippen molar-refractivity contribution < 1.29 is 9.18 Å². The van der Waals surface area contributed by atoms with Crippen molar-refractivity contribution in [2.24, 2.45) is 10.2 Å². The molecule has 9 heteroatoms. The Morgan fingerprint density at radius 3 is 2.52 bits per heavy atom. The molecule has 2 aromatic carbocycles. The van der Waals surface area contributed by atoms with Gasteiger partial charge in [-0.15, -0.1) is 5.11 Å². The van der Waals surface area contributed by atoms with Crippen LogP contribution in [0.25, 0.3) is 0 Å². The number of carbonyl (C=O) groups excluding carboxylic acids is 1. The van der Waals surface area contributed by atoms with E-state index >= 15 is 0 Å². The zero-order chi connectivity index (χ0) is 22.5. The number of aryl methyl sites for hydroxylation is 1. The predicted octanol–water partition coefficient (Wildman–Crippen LogP) is 7.41. The van der Waals surface area contributed by atoms with Gasteiger partial charge in [0.25, 0.3) is 0 Å². The summed E-state index contributed by atoms with van der Waals surface area (Å²) in [5.74, 6) is -0.715. The molecule has 0 aliphatic carbocycles. The number of hydrogen-bond acceptors (Lipinski definition) is 6. The highest BCUT2D eigenvalue weighted by Gasteiger charge is 2.17. The molecule has 0 N–H and O–H groups in total. The Balaban J connectivity index is 1.86. The number of azo groups is 1. The van der Waals surface area contributed by atoms with Gasteiger partial charge in [-0.25, -0.2) is 9.37 Å². The number of Topliss-reactive ketones (excluding diaryl/α,β-unsaturated/α-hetero) is 1. The van der Waals surface area contributed by atoms with Gasteiger partial charge in [-0.3, -0.25) is 4.79 Å². The van der Waals surface area contributed by atoms with Gasteiger partial charge in [0.05, 0.1) is 22.7 Å². The standard InChI is InChI=1S/C22H15Cl2FN4OS/c1-12-19(10-26)22(31-11-20(30)14-4-3-5-17(25)6-14)27-13(2)21(12)29-28-18-8-15(23)7-16(24)9-18/h3-9H,11H2,1-2H3. The summed E-state index contributed by atoms with van der Waals surface area (Å²) in [6.07, 6.45) is 0. The molecule has 0 saturated carbocycles. The van der Waals surface area contributed by atoms with Gasteiger partial charge in [-0.05, 0) is 49.7 Å². The lowest BCUT2D eigenvalue weighted by Gasteiger charge is -2.10. The molecular weight excluding hydrogens is 458 g/mol. The Morgan fingerprint density at radius 2 is 1.87 bits per heavy atom. The van der Waals surface area contributed by atoms with E-state index in [1.807, 2.05) is 0 Å². The van der Waals surface area contributed by atoms with Crippen molar-refractivity contribution in [3.8, 4) is 6.07 Å². The van der Waals surface area contributed by atoms with Gasteiger partial charge in [0.2, 0.25) is 0 Å². The van der Waals surface area contributed by atoms with Crippen LogP contribution in [0, 0.1) is 31.0 Å². The maximum absolute atomic E-state index is 13.4. The molecule has 0 unspecified atom stereocenters. The largest absolute Gasteiger partial charge is 0.293 e. The summed E-state index contributed by atoms with van der Waals surface area (Å²) >= 11 is 13.1. The molecule has 31 heavy (non-hydrogen) atoms. The summed E-state index contributed by atoms with van der Waals surface area (Å²) < 4.78 is 13.4. The predicted molar refractivity (Wildman–Crippen MR) is 121 cm³/mol. The first-order chi connectivity index (χ1) is 14.8. The normalized spacial score (nSPS) is 11.0. The number of thioether (sulfide) groups is 1. The average molecular weight is 473 g/mol. The van der Waals surface area contributed by atoms with Gasteiger partial charge >= 0.3 is 0 Å². The molecule has 0 saturated heterocycles. The van der Waals surface area contributed by atoms with Crippen LogP contribution in [0.5, 0.6) is 0 Å². The van der Waals surface area contributed by atoms with E-state index < -0.39 is 5.82 Å². The first-order valence-electron chi connectivity index (χ1n) is 8.99. The van der Waals surface area contributed by atoms with E-state index in [1.54, 1.807) is 38.1 Å². The van der Waals surface area contributed by atoms with E-state index in [0.717, 1.165) is 11.8 Å². The molecule has 3 aromatic rings. The second kappa shape index (κ2) is 10.0. The number of benzene rings is 2.